The Morgan fingerprint density at radius 3 is 1.85 bits per heavy atom. The zero-order valence-electron chi connectivity index (χ0n) is 31.7. The summed E-state index contributed by atoms with van der Waals surface area (Å²) in [6.07, 6.45) is 1.99. The first-order valence-corrected chi connectivity index (χ1v) is 21.1. The molecule has 0 amide bonds. The Morgan fingerprint density at radius 1 is 0.717 bits per heavy atom. The maximum Gasteiger partial charge on any atom is 0.261 e. The summed E-state index contributed by atoms with van der Waals surface area (Å²) >= 11 is 0. The van der Waals surface area contributed by atoms with Crippen LogP contribution in [0.15, 0.2) is 83.9 Å². The summed E-state index contributed by atoms with van der Waals surface area (Å²) < 4.78 is 41.9. The predicted octanol–water partition coefficient (Wildman–Crippen LogP) is 4.30. The van der Waals surface area contributed by atoms with Crippen LogP contribution in [0.3, 0.4) is 0 Å². The summed E-state index contributed by atoms with van der Waals surface area (Å²) in [5.74, 6) is 2.32. The molecule has 0 bridgehead atoms. The Kier molecular flexibility index (Phi) is 14.4. The first-order chi connectivity index (χ1) is 25.9. The van der Waals surface area contributed by atoms with Crippen molar-refractivity contribution in [2.24, 2.45) is 4.99 Å². The van der Waals surface area contributed by atoms with Crippen LogP contribution in [0.2, 0.25) is 5.04 Å². The lowest BCUT2D eigenvalue weighted by atomic mass is 10.1. The molecule has 0 aliphatic carbocycles. The van der Waals surface area contributed by atoms with Crippen LogP contribution in [0.5, 0.6) is 11.5 Å². The van der Waals surface area contributed by atoms with Crippen molar-refractivity contribution in [3.05, 3.63) is 78.9 Å². The minimum absolute atomic E-state index is 0.0725. The van der Waals surface area contributed by atoms with Gasteiger partial charge in [0.2, 0.25) is 0 Å². The Bertz CT molecular complexity index is 1520. The summed E-state index contributed by atoms with van der Waals surface area (Å²) in [5.41, 5.74) is 0.962. The maximum atomic E-state index is 7.27. The Hall–Kier alpha value is -3.65. The molecule has 12 heteroatoms. The largest absolute Gasteiger partial charge is 0.487 e. The van der Waals surface area contributed by atoms with Gasteiger partial charge in [-0.3, -0.25) is 0 Å². The lowest BCUT2D eigenvalue weighted by Gasteiger charge is -2.44. The fourth-order valence-electron chi connectivity index (χ4n) is 7.17. The third-order valence-electron chi connectivity index (χ3n) is 9.91. The standard InChI is InChI=1S/C41H58N4O7Si/c1-41(2,3)53(36-10-6-4-7-11-36,37-12-8-5-9-13-37)52-32-35-17-19-45-18-16-34(43-40(45)44-35)31-42-33-14-15-38-39(30-33)51-29-27-49-25-23-47-21-20-46-22-24-48-26-28-50-38/h4-15,30,34-35,42H,16-29,31-32H2,1-3H3,(H,43,44)/t34-,35-/m0/s1. The van der Waals surface area contributed by atoms with Gasteiger partial charge in [-0.1, -0.05) is 81.4 Å². The van der Waals surface area contributed by atoms with E-state index in [0.717, 1.165) is 44.1 Å². The number of rotatable bonds is 8. The van der Waals surface area contributed by atoms with Gasteiger partial charge < -0.3 is 48.4 Å². The first kappa shape index (κ1) is 39.1. The second kappa shape index (κ2) is 19.6. The van der Waals surface area contributed by atoms with E-state index in [1.165, 1.54) is 10.4 Å². The number of nitrogens with zero attached hydrogens (tertiary/aromatic N) is 2. The maximum absolute atomic E-state index is 7.27. The van der Waals surface area contributed by atoms with Crippen molar-refractivity contribution < 1.29 is 32.8 Å². The molecule has 0 unspecified atom stereocenters. The normalized spacial score (nSPS) is 21.3. The summed E-state index contributed by atoms with van der Waals surface area (Å²) in [6.45, 7) is 15.1. The number of guanidine groups is 1. The molecule has 0 radical (unpaired) electrons. The van der Waals surface area contributed by atoms with E-state index in [2.05, 4.69) is 97.0 Å². The van der Waals surface area contributed by atoms with Crippen molar-refractivity contribution in [3.63, 3.8) is 0 Å². The molecule has 3 aliphatic rings. The molecule has 3 heterocycles. The van der Waals surface area contributed by atoms with Crippen LogP contribution in [-0.2, 0) is 23.4 Å². The van der Waals surface area contributed by atoms with Crippen LogP contribution in [0.25, 0.3) is 0 Å². The molecule has 53 heavy (non-hydrogen) atoms. The number of hydrogen-bond donors (Lipinski definition) is 2. The molecule has 3 aromatic carbocycles. The molecule has 0 saturated carbocycles. The van der Waals surface area contributed by atoms with E-state index in [1.807, 2.05) is 18.2 Å². The summed E-state index contributed by atoms with van der Waals surface area (Å²) in [7, 11) is -2.63. The fourth-order valence-corrected chi connectivity index (χ4v) is 11.8. The van der Waals surface area contributed by atoms with E-state index in [1.54, 1.807) is 0 Å². The highest BCUT2D eigenvalue weighted by molar-refractivity contribution is 6.99. The third kappa shape index (κ3) is 10.7. The second-order valence-electron chi connectivity index (χ2n) is 14.7. The zero-order chi connectivity index (χ0) is 36.8. The molecule has 288 valence electrons. The molecule has 2 atom stereocenters. The van der Waals surface area contributed by atoms with Gasteiger partial charge >= 0.3 is 0 Å². The molecule has 1 saturated heterocycles. The van der Waals surface area contributed by atoms with E-state index in [0.29, 0.717) is 84.2 Å². The van der Waals surface area contributed by atoms with Crippen LogP contribution < -0.4 is 30.5 Å². The molecule has 11 nitrogen and oxygen atoms in total. The van der Waals surface area contributed by atoms with Crippen molar-refractivity contribution in [1.82, 2.24) is 10.2 Å². The second-order valence-corrected chi connectivity index (χ2v) is 19.0. The minimum atomic E-state index is -2.63. The van der Waals surface area contributed by atoms with Gasteiger partial charge in [0.25, 0.3) is 8.32 Å². The average Bonchev–Trinajstić information content (AvgIpc) is 3.17. The SMILES string of the molecule is CC(C)(C)[Si](OC[C@@H]1CCN2CC[C@@H](CNc3ccc4c(c3)OCCOCCOCCOCCOCCO4)NC2=N1)(c1ccccc1)c1ccccc1. The van der Waals surface area contributed by atoms with E-state index >= 15 is 0 Å². The van der Waals surface area contributed by atoms with Crippen molar-refractivity contribution in [3.8, 4) is 11.5 Å². The van der Waals surface area contributed by atoms with Gasteiger partial charge in [0, 0.05) is 37.4 Å². The Labute approximate surface area is 316 Å². The summed E-state index contributed by atoms with van der Waals surface area (Å²) in [4.78, 5) is 7.63. The van der Waals surface area contributed by atoms with E-state index in [9.17, 15) is 0 Å². The van der Waals surface area contributed by atoms with Crippen LogP contribution in [0.4, 0.5) is 5.69 Å². The fraction of sp³-hybridized carbons (Fsp3) is 0.537. The molecule has 0 spiro atoms. The van der Waals surface area contributed by atoms with E-state index in [-0.39, 0.29) is 17.1 Å². The summed E-state index contributed by atoms with van der Waals surface area (Å²) in [5, 5.41) is 9.89. The van der Waals surface area contributed by atoms with Crippen molar-refractivity contribution in [2.45, 2.75) is 50.7 Å². The van der Waals surface area contributed by atoms with Crippen LogP contribution in [-0.4, -0.2) is 124 Å². The minimum Gasteiger partial charge on any atom is -0.487 e. The lowest BCUT2D eigenvalue weighted by molar-refractivity contribution is -0.00841. The first-order valence-electron chi connectivity index (χ1n) is 19.2. The van der Waals surface area contributed by atoms with Gasteiger partial charge in [0.05, 0.1) is 65.5 Å². The van der Waals surface area contributed by atoms with Gasteiger partial charge in [-0.05, 0) is 40.4 Å². The van der Waals surface area contributed by atoms with Gasteiger partial charge in [-0.25, -0.2) is 4.99 Å². The number of aliphatic imine (C=N–C) groups is 1. The number of anilines is 1. The topological polar surface area (TPSA) is 104 Å². The monoisotopic (exact) mass is 746 g/mol. The number of ether oxygens (including phenoxy) is 6. The highest BCUT2D eigenvalue weighted by Gasteiger charge is 2.50. The quantitative estimate of drug-likeness (QED) is 0.325. The molecular weight excluding hydrogens is 689 g/mol. The third-order valence-corrected chi connectivity index (χ3v) is 14.9. The van der Waals surface area contributed by atoms with Crippen molar-refractivity contribution in [2.75, 3.05) is 97.6 Å². The molecule has 2 N–H and O–H groups in total. The summed E-state index contributed by atoms with van der Waals surface area (Å²) in [6, 6.07) is 28.0. The molecule has 0 aromatic heterocycles. The number of fused-ring (bicyclic) bond motifs is 2. The van der Waals surface area contributed by atoms with Gasteiger partial charge in [0.1, 0.15) is 13.2 Å². The zero-order valence-corrected chi connectivity index (χ0v) is 32.7. The van der Waals surface area contributed by atoms with E-state index in [4.69, 9.17) is 37.8 Å². The number of nitrogens with one attached hydrogen (secondary N) is 2. The van der Waals surface area contributed by atoms with Crippen molar-refractivity contribution in [1.29, 1.82) is 0 Å². The molecule has 6 rings (SSSR count). The van der Waals surface area contributed by atoms with Crippen molar-refractivity contribution >= 4 is 30.3 Å². The number of hydrogen-bond acceptors (Lipinski definition) is 11. The highest BCUT2D eigenvalue weighted by atomic mass is 28.4. The average molecular weight is 747 g/mol. The van der Waals surface area contributed by atoms with Gasteiger partial charge in [-0.15, -0.1) is 0 Å². The molecular formula is C41H58N4O7Si. The Morgan fingerprint density at radius 2 is 1.26 bits per heavy atom. The van der Waals surface area contributed by atoms with Gasteiger partial charge in [0.15, 0.2) is 17.5 Å². The lowest BCUT2D eigenvalue weighted by Crippen LogP contribution is -2.67. The van der Waals surface area contributed by atoms with Crippen LogP contribution in [0.1, 0.15) is 33.6 Å². The molecule has 3 aromatic rings. The smallest absolute Gasteiger partial charge is 0.261 e. The van der Waals surface area contributed by atoms with E-state index < -0.39 is 8.32 Å². The van der Waals surface area contributed by atoms with Crippen LogP contribution in [0, 0.1) is 0 Å². The number of benzene rings is 3. The molecule has 3 aliphatic heterocycles. The highest BCUT2D eigenvalue weighted by Crippen LogP contribution is 2.37. The predicted molar refractivity (Wildman–Crippen MR) is 212 cm³/mol. The van der Waals surface area contributed by atoms with Crippen LogP contribution >= 0.6 is 0 Å². The Balaban J connectivity index is 1.07. The van der Waals surface area contributed by atoms with Gasteiger partial charge in [-0.2, -0.15) is 0 Å². The molecule has 1 fully saturated rings.